The van der Waals surface area contributed by atoms with Crippen molar-refractivity contribution in [3.63, 3.8) is 0 Å². The molecule has 2 aromatic carbocycles. The predicted octanol–water partition coefficient (Wildman–Crippen LogP) is 4.34. The first-order valence-electron chi connectivity index (χ1n) is 7.03. The molecule has 0 amide bonds. The zero-order chi connectivity index (χ0) is 18.6. The van der Waals surface area contributed by atoms with Gasteiger partial charge in [-0.2, -0.15) is 0 Å². The summed E-state index contributed by atoms with van der Waals surface area (Å²) in [6, 6.07) is 8.41. The van der Waals surface area contributed by atoms with Gasteiger partial charge in [-0.15, -0.1) is 13.2 Å². The Morgan fingerprint density at radius 3 is 2.44 bits per heavy atom. The van der Waals surface area contributed by atoms with Gasteiger partial charge in [-0.05, 0) is 25.1 Å². The highest BCUT2D eigenvalue weighted by Gasteiger charge is 2.33. The molecular weight excluding hydrogens is 343 g/mol. The number of ether oxygens (including phenoxy) is 2. The molecule has 0 heterocycles. The molecule has 132 valence electrons. The van der Waals surface area contributed by atoms with Crippen LogP contribution in [0.25, 0.3) is 11.1 Å². The maximum Gasteiger partial charge on any atom is 0.573 e. The summed E-state index contributed by atoms with van der Waals surface area (Å²) in [7, 11) is 0. The van der Waals surface area contributed by atoms with Gasteiger partial charge in [-0.1, -0.05) is 18.2 Å². The second-order valence-electron chi connectivity index (χ2n) is 4.75. The van der Waals surface area contributed by atoms with Crippen LogP contribution >= 0.6 is 0 Å². The lowest BCUT2D eigenvalue weighted by atomic mass is 10.0. The Labute approximate surface area is 139 Å². The highest BCUT2D eigenvalue weighted by molar-refractivity contribution is 5.92. The summed E-state index contributed by atoms with van der Waals surface area (Å²) in [5.74, 6) is -1.35. The Hall–Kier alpha value is -3.10. The largest absolute Gasteiger partial charge is 0.573 e. The molecule has 0 saturated carbocycles. The third-order valence-electron chi connectivity index (χ3n) is 3.11. The van der Waals surface area contributed by atoms with E-state index in [1.54, 1.807) is 6.92 Å². The maximum atomic E-state index is 12.5. The van der Waals surface area contributed by atoms with E-state index >= 15 is 0 Å². The molecule has 6 nitrogen and oxygen atoms in total. The second kappa shape index (κ2) is 7.20. The minimum Gasteiger partial charge on any atom is -0.462 e. The molecule has 0 spiro atoms. The number of nitro groups is 1. The van der Waals surface area contributed by atoms with Crippen molar-refractivity contribution in [1.29, 1.82) is 0 Å². The van der Waals surface area contributed by atoms with Crippen LogP contribution in [0.1, 0.15) is 17.3 Å². The average molecular weight is 355 g/mol. The van der Waals surface area contributed by atoms with Gasteiger partial charge in [-0.25, -0.2) is 4.79 Å². The van der Waals surface area contributed by atoms with Crippen molar-refractivity contribution in [2.75, 3.05) is 6.61 Å². The summed E-state index contributed by atoms with van der Waals surface area (Å²) in [5.41, 5.74) is -0.852. The molecule has 0 atom stereocenters. The van der Waals surface area contributed by atoms with E-state index in [2.05, 4.69) is 4.74 Å². The van der Waals surface area contributed by atoms with Gasteiger partial charge in [0, 0.05) is 11.6 Å². The fourth-order valence-electron chi connectivity index (χ4n) is 2.15. The molecule has 0 aromatic heterocycles. The number of para-hydroxylation sites is 1. The predicted molar refractivity (Wildman–Crippen MR) is 81.2 cm³/mol. The van der Waals surface area contributed by atoms with Gasteiger partial charge >= 0.3 is 12.3 Å². The Morgan fingerprint density at radius 2 is 1.84 bits per heavy atom. The summed E-state index contributed by atoms with van der Waals surface area (Å²) in [4.78, 5) is 22.2. The minimum absolute atomic E-state index is 0.0773. The Bertz CT molecular complexity index is 805. The number of carbonyl (C=O) groups is 1. The van der Waals surface area contributed by atoms with Crippen LogP contribution in [0, 0.1) is 10.1 Å². The van der Waals surface area contributed by atoms with Crippen molar-refractivity contribution in [3.05, 3.63) is 58.1 Å². The lowest BCUT2D eigenvalue weighted by Gasteiger charge is -2.13. The molecule has 0 radical (unpaired) electrons. The van der Waals surface area contributed by atoms with Crippen molar-refractivity contribution in [3.8, 4) is 16.9 Å². The molecule has 25 heavy (non-hydrogen) atoms. The molecule has 0 fully saturated rings. The van der Waals surface area contributed by atoms with E-state index in [1.165, 1.54) is 30.3 Å². The molecule has 2 aromatic rings. The molecule has 0 unspecified atom stereocenters. The van der Waals surface area contributed by atoms with Crippen LogP contribution in [0.2, 0.25) is 0 Å². The maximum absolute atomic E-state index is 12.5. The van der Waals surface area contributed by atoms with E-state index in [4.69, 9.17) is 4.74 Å². The summed E-state index contributed by atoms with van der Waals surface area (Å²) in [6.07, 6.45) is -4.95. The second-order valence-corrected chi connectivity index (χ2v) is 4.75. The van der Waals surface area contributed by atoms with Gasteiger partial charge in [0.15, 0.2) is 0 Å². The van der Waals surface area contributed by atoms with Gasteiger partial charge in [0.25, 0.3) is 5.69 Å². The van der Waals surface area contributed by atoms with E-state index in [0.717, 1.165) is 12.1 Å². The number of esters is 1. The zero-order valence-corrected chi connectivity index (χ0v) is 12.9. The first-order chi connectivity index (χ1) is 11.7. The molecule has 9 heteroatoms. The Morgan fingerprint density at radius 1 is 1.16 bits per heavy atom. The Balaban J connectivity index is 2.56. The van der Waals surface area contributed by atoms with Crippen LogP contribution < -0.4 is 4.74 Å². The smallest absolute Gasteiger partial charge is 0.462 e. The van der Waals surface area contributed by atoms with Crippen LogP contribution in [0.5, 0.6) is 5.75 Å². The molecule has 0 aliphatic carbocycles. The number of alkyl halides is 3. The number of hydrogen-bond acceptors (Lipinski definition) is 5. The average Bonchev–Trinajstić information content (AvgIpc) is 2.53. The van der Waals surface area contributed by atoms with Crippen molar-refractivity contribution in [2.45, 2.75) is 13.3 Å². The monoisotopic (exact) mass is 355 g/mol. The van der Waals surface area contributed by atoms with E-state index in [0.29, 0.717) is 0 Å². The van der Waals surface area contributed by atoms with Gasteiger partial charge in [0.05, 0.1) is 22.7 Å². The van der Waals surface area contributed by atoms with Gasteiger partial charge in [0.2, 0.25) is 0 Å². The molecule has 2 rings (SSSR count). The fraction of sp³-hybridized carbons (Fsp3) is 0.188. The summed E-state index contributed by atoms with van der Waals surface area (Å²) >= 11 is 0. The zero-order valence-electron chi connectivity index (χ0n) is 12.9. The molecule has 0 saturated heterocycles. The molecular formula is C16H12F3NO5. The number of hydrogen-bond donors (Lipinski definition) is 0. The third kappa shape index (κ3) is 4.46. The van der Waals surface area contributed by atoms with Crippen LogP contribution in [0.15, 0.2) is 42.5 Å². The quantitative estimate of drug-likeness (QED) is 0.453. The lowest BCUT2D eigenvalue weighted by molar-refractivity contribution is -0.384. The molecule has 0 aliphatic heterocycles. The summed E-state index contributed by atoms with van der Waals surface area (Å²) in [5, 5.41) is 11.3. The van der Waals surface area contributed by atoms with Crippen LogP contribution in [0.4, 0.5) is 18.9 Å². The van der Waals surface area contributed by atoms with Gasteiger partial charge in [-0.3, -0.25) is 10.1 Å². The number of nitro benzene ring substituents is 1. The van der Waals surface area contributed by atoms with Crippen LogP contribution in [-0.2, 0) is 4.74 Å². The SMILES string of the molecule is CCOC(=O)c1ccc(-c2ccccc2OC(F)(F)F)c([N+](=O)[O-])c1. The van der Waals surface area contributed by atoms with E-state index < -0.39 is 28.7 Å². The third-order valence-corrected chi connectivity index (χ3v) is 3.11. The Kier molecular flexibility index (Phi) is 5.26. The minimum atomic E-state index is -4.95. The van der Waals surface area contributed by atoms with Crippen LogP contribution in [-0.4, -0.2) is 23.9 Å². The lowest BCUT2D eigenvalue weighted by Crippen LogP contribution is -2.17. The fourth-order valence-corrected chi connectivity index (χ4v) is 2.15. The van der Waals surface area contributed by atoms with Gasteiger partial charge in [0.1, 0.15) is 5.75 Å². The normalized spacial score (nSPS) is 11.0. The highest BCUT2D eigenvalue weighted by Crippen LogP contribution is 2.38. The summed E-state index contributed by atoms with van der Waals surface area (Å²) < 4.78 is 46.3. The van der Waals surface area contributed by atoms with Crippen molar-refractivity contribution in [1.82, 2.24) is 0 Å². The number of halogens is 3. The standard InChI is InChI=1S/C16H12F3NO5/c1-2-24-15(21)10-7-8-11(13(9-10)20(22)23)12-5-3-4-6-14(12)25-16(17,18)19/h3-9H,2H2,1H3. The van der Waals surface area contributed by atoms with Crippen molar-refractivity contribution < 1.29 is 32.4 Å². The molecule has 0 bridgehead atoms. The summed E-state index contributed by atoms with van der Waals surface area (Å²) in [6.45, 7) is 1.65. The number of benzene rings is 2. The van der Waals surface area contributed by atoms with E-state index in [-0.39, 0.29) is 23.3 Å². The first-order valence-corrected chi connectivity index (χ1v) is 7.03. The number of nitrogens with zero attached hydrogens (tertiary/aromatic N) is 1. The first kappa shape index (κ1) is 18.2. The number of rotatable bonds is 5. The molecule has 0 N–H and O–H groups in total. The highest BCUT2D eigenvalue weighted by atomic mass is 19.4. The van der Waals surface area contributed by atoms with E-state index in [1.807, 2.05) is 0 Å². The van der Waals surface area contributed by atoms with Crippen molar-refractivity contribution >= 4 is 11.7 Å². The van der Waals surface area contributed by atoms with E-state index in [9.17, 15) is 28.1 Å². The van der Waals surface area contributed by atoms with Gasteiger partial charge < -0.3 is 9.47 Å². The number of carbonyl (C=O) groups excluding carboxylic acids is 1. The molecule has 0 aliphatic rings. The van der Waals surface area contributed by atoms with Crippen molar-refractivity contribution in [2.24, 2.45) is 0 Å². The van der Waals surface area contributed by atoms with Crippen LogP contribution in [0.3, 0.4) is 0 Å². The topological polar surface area (TPSA) is 78.7 Å².